The fourth-order valence-corrected chi connectivity index (χ4v) is 0. The summed E-state index contributed by atoms with van der Waals surface area (Å²) >= 11 is 0. The van der Waals surface area contributed by atoms with Crippen LogP contribution in [0, 0.1) is 0 Å². The SMILES string of the molecule is Br.CC(C)O. The molecule has 0 bridgehead atoms. The Morgan fingerprint density at radius 1 is 1.40 bits per heavy atom. The number of rotatable bonds is 0. The van der Waals surface area contributed by atoms with Crippen molar-refractivity contribution in [3.63, 3.8) is 0 Å². The zero-order valence-corrected chi connectivity index (χ0v) is 5.15. The number of aliphatic hydroxyl groups excluding tert-OH is 1. The Labute approximate surface area is 42.8 Å². The van der Waals surface area contributed by atoms with Crippen LogP contribution in [-0.4, -0.2) is 11.2 Å². The third kappa shape index (κ3) is 137. The number of aliphatic hydroxyl groups is 1. The van der Waals surface area contributed by atoms with Gasteiger partial charge in [-0.15, -0.1) is 17.0 Å². The largest absolute Gasteiger partial charge is 0.394 e. The number of hydrogen-bond donors (Lipinski definition) is 1. The van der Waals surface area contributed by atoms with Gasteiger partial charge in [-0.3, -0.25) is 0 Å². The quantitative estimate of drug-likeness (QED) is 0.532. The highest BCUT2D eigenvalue weighted by Gasteiger charge is 1.69. The van der Waals surface area contributed by atoms with Gasteiger partial charge in [0.15, 0.2) is 0 Å². The van der Waals surface area contributed by atoms with E-state index in [9.17, 15) is 0 Å². The molecule has 2 heteroatoms. The lowest BCUT2D eigenvalue weighted by atomic mass is 10.5. The van der Waals surface area contributed by atoms with E-state index in [0.29, 0.717) is 0 Å². The first-order valence-electron chi connectivity index (χ1n) is 1.41. The van der Waals surface area contributed by atoms with Crippen LogP contribution in [0.25, 0.3) is 0 Å². The summed E-state index contributed by atoms with van der Waals surface area (Å²) < 4.78 is 0. The van der Waals surface area contributed by atoms with Gasteiger partial charge in [0.05, 0.1) is 0 Å². The van der Waals surface area contributed by atoms with Gasteiger partial charge in [0.25, 0.3) is 0 Å². The molecule has 0 radical (unpaired) electrons. The van der Waals surface area contributed by atoms with E-state index in [2.05, 4.69) is 0 Å². The summed E-state index contributed by atoms with van der Waals surface area (Å²) in [5.74, 6) is 0. The Morgan fingerprint density at radius 3 is 1.40 bits per heavy atom. The average molecular weight is 141 g/mol. The summed E-state index contributed by atoms with van der Waals surface area (Å²) in [7, 11) is 0. The van der Waals surface area contributed by atoms with Crippen molar-refractivity contribution in [1.82, 2.24) is 0 Å². The maximum Gasteiger partial charge on any atom is 0.0483 e. The molecule has 0 aromatic carbocycles. The molecule has 0 amide bonds. The van der Waals surface area contributed by atoms with Gasteiger partial charge >= 0.3 is 0 Å². The van der Waals surface area contributed by atoms with Crippen molar-refractivity contribution in [2.75, 3.05) is 0 Å². The Kier molecular flexibility index (Phi) is 8.05. The molecule has 0 aliphatic heterocycles. The number of halogens is 1. The van der Waals surface area contributed by atoms with E-state index in [0.717, 1.165) is 0 Å². The second-order valence-corrected chi connectivity index (χ2v) is 1.09. The Bertz CT molecular complexity index is 11.6. The molecule has 1 nitrogen and oxygen atoms in total. The summed E-state index contributed by atoms with van der Waals surface area (Å²) in [6.07, 6.45) is -0.167. The highest BCUT2D eigenvalue weighted by atomic mass is 79.9. The molecular formula is C3H9BrO. The van der Waals surface area contributed by atoms with Gasteiger partial charge in [0, 0.05) is 6.10 Å². The van der Waals surface area contributed by atoms with Crippen LogP contribution in [0.5, 0.6) is 0 Å². The van der Waals surface area contributed by atoms with Crippen LogP contribution in [0.3, 0.4) is 0 Å². The fraction of sp³-hybridized carbons (Fsp3) is 1.00. The second-order valence-electron chi connectivity index (χ2n) is 1.09. The summed E-state index contributed by atoms with van der Waals surface area (Å²) in [5, 5.41) is 8.06. The molecule has 0 fully saturated rings. The molecule has 0 unspecified atom stereocenters. The van der Waals surface area contributed by atoms with E-state index < -0.39 is 0 Å². The molecule has 1 N–H and O–H groups in total. The topological polar surface area (TPSA) is 20.2 Å². The van der Waals surface area contributed by atoms with Gasteiger partial charge in [-0.1, -0.05) is 0 Å². The molecule has 0 aromatic rings. The zero-order valence-electron chi connectivity index (χ0n) is 3.43. The molecule has 34 valence electrons. The summed E-state index contributed by atoms with van der Waals surface area (Å²) in [6.45, 7) is 3.44. The van der Waals surface area contributed by atoms with Crippen LogP contribution in [0.15, 0.2) is 0 Å². The predicted molar refractivity (Wildman–Crippen MR) is 27.7 cm³/mol. The van der Waals surface area contributed by atoms with Crippen LogP contribution in [-0.2, 0) is 0 Å². The first-order chi connectivity index (χ1) is 1.73. The van der Waals surface area contributed by atoms with Crippen molar-refractivity contribution < 1.29 is 5.11 Å². The summed E-state index contributed by atoms with van der Waals surface area (Å²) in [5.41, 5.74) is 0. The lowest BCUT2D eigenvalue weighted by Crippen LogP contribution is -1.85. The van der Waals surface area contributed by atoms with Crippen molar-refractivity contribution in [3.8, 4) is 0 Å². The first kappa shape index (κ1) is 9.06. The Morgan fingerprint density at radius 2 is 1.40 bits per heavy atom. The molecule has 0 atom stereocenters. The molecule has 0 aliphatic rings. The van der Waals surface area contributed by atoms with E-state index in [-0.39, 0.29) is 23.1 Å². The molecule has 5 heavy (non-hydrogen) atoms. The van der Waals surface area contributed by atoms with Crippen molar-refractivity contribution >= 4 is 17.0 Å². The average Bonchev–Trinajstić information content (AvgIpc) is 0.811. The van der Waals surface area contributed by atoms with Crippen LogP contribution in [0.2, 0.25) is 0 Å². The van der Waals surface area contributed by atoms with Crippen molar-refractivity contribution in [1.29, 1.82) is 0 Å². The van der Waals surface area contributed by atoms with Crippen molar-refractivity contribution in [3.05, 3.63) is 0 Å². The van der Waals surface area contributed by atoms with Crippen LogP contribution >= 0.6 is 17.0 Å². The first-order valence-corrected chi connectivity index (χ1v) is 1.41. The fourth-order valence-electron chi connectivity index (χ4n) is 0. The van der Waals surface area contributed by atoms with Gasteiger partial charge in [0.2, 0.25) is 0 Å². The molecule has 0 saturated carbocycles. The van der Waals surface area contributed by atoms with E-state index in [4.69, 9.17) is 5.11 Å². The monoisotopic (exact) mass is 140 g/mol. The maximum absolute atomic E-state index is 8.06. The van der Waals surface area contributed by atoms with Crippen LogP contribution < -0.4 is 0 Å². The Balaban J connectivity index is 0. The standard InChI is InChI=1S/C3H8O.BrH/c1-3(2)4;/h3-4H,1-2H3;1H. The summed E-state index contributed by atoms with van der Waals surface area (Å²) in [6, 6.07) is 0. The molecule has 0 saturated heterocycles. The van der Waals surface area contributed by atoms with Gasteiger partial charge in [0.1, 0.15) is 0 Å². The third-order valence-electron chi connectivity index (χ3n) is 0. The lowest BCUT2D eigenvalue weighted by Gasteiger charge is -1.80. The minimum atomic E-state index is -0.167. The zero-order chi connectivity index (χ0) is 3.58. The molecule has 0 aliphatic carbocycles. The highest BCUT2D eigenvalue weighted by molar-refractivity contribution is 8.93. The highest BCUT2D eigenvalue weighted by Crippen LogP contribution is 1.65. The minimum Gasteiger partial charge on any atom is -0.394 e. The van der Waals surface area contributed by atoms with Gasteiger partial charge in [-0.05, 0) is 13.8 Å². The maximum atomic E-state index is 8.06. The third-order valence-corrected chi connectivity index (χ3v) is 0. The normalized spacial score (nSPS) is 7.20. The summed E-state index contributed by atoms with van der Waals surface area (Å²) in [4.78, 5) is 0. The molecule has 0 heterocycles. The van der Waals surface area contributed by atoms with Gasteiger partial charge in [-0.2, -0.15) is 0 Å². The Hall–Kier alpha value is 0.440. The van der Waals surface area contributed by atoms with Gasteiger partial charge in [-0.25, -0.2) is 0 Å². The van der Waals surface area contributed by atoms with E-state index in [1.54, 1.807) is 13.8 Å². The van der Waals surface area contributed by atoms with E-state index >= 15 is 0 Å². The predicted octanol–water partition coefficient (Wildman–Crippen LogP) is 0.965. The van der Waals surface area contributed by atoms with Crippen LogP contribution in [0.4, 0.5) is 0 Å². The lowest BCUT2D eigenvalue weighted by molar-refractivity contribution is 0.216. The van der Waals surface area contributed by atoms with Gasteiger partial charge < -0.3 is 5.11 Å². The van der Waals surface area contributed by atoms with Crippen molar-refractivity contribution in [2.24, 2.45) is 0 Å². The van der Waals surface area contributed by atoms with E-state index in [1.807, 2.05) is 0 Å². The molecule has 0 spiro atoms. The number of hydrogen-bond acceptors (Lipinski definition) is 1. The second kappa shape index (κ2) is 4.44. The minimum absolute atomic E-state index is 0. The van der Waals surface area contributed by atoms with E-state index in [1.165, 1.54) is 0 Å². The molecule has 0 rings (SSSR count). The van der Waals surface area contributed by atoms with Crippen LogP contribution in [0.1, 0.15) is 13.8 Å². The molecule has 0 aromatic heterocycles. The van der Waals surface area contributed by atoms with Crippen molar-refractivity contribution in [2.45, 2.75) is 20.0 Å². The molecular weight excluding hydrogens is 132 g/mol. The smallest absolute Gasteiger partial charge is 0.0483 e.